The molecule has 1 saturated heterocycles. The van der Waals surface area contributed by atoms with Crippen LogP contribution in [-0.2, 0) is 25.7 Å². The number of benzene rings is 2. The lowest BCUT2D eigenvalue weighted by Gasteiger charge is -2.42. The number of ether oxygens (including phenoxy) is 1. The van der Waals surface area contributed by atoms with Crippen molar-refractivity contribution in [2.24, 2.45) is 0 Å². The topological polar surface area (TPSA) is 101 Å². The number of fused-ring (bicyclic) bond motifs is 3. The third kappa shape index (κ3) is 3.78. The van der Waals surface area contributed by atoms with Crippen molar-refractivity contribution in [3.63, 3.8) is 0 Å². The van der Waals surface area contributed by atoms with Crippen LogP contribution in [-0.4, -0.2) is 48.7 Å². The van der Waals surface area contributed by atoms with Crippen molar-refractivity contribution >= 4 is 21.9 Å². The van der Waals surface area contributed by atoms with Crippen molar-refractivity contribution in [1.29, 1.82) is 0 Å². The van der Waals surface area contributed by atoms with E-state index >= 15 is 0 Å². The molecular weight excluding hydrogens is 449 g/mol. The highest BCUT2D eigenvalue weighted by atomic mass is 32.2. The third-order valence-electron chi connectivity index (χ3n) is 6.37. The predicted molar refractivity (Wildman–Crippen MR) is 118 cm³/mol. The number of sulfone groups is 1. The second kappa shape index (κ2) is 7.83. The normalized spacial score (nSPS) is 22.4. The van der Waals surface area contributed by atoms with E-state index in [2.05, 4.69) is 0 Å². The minimum absolute atomic E-state index is 0.0462. The molecule has 1 aliphatic carbocycles. The van der Waals surface area contributed by atoms with Crippen molar-refractivity contribution < 1.29 is 32.2 Å². The summed E-state index contributed by atoms with van der Waals surface area (Å²) < 4.78 is 45.8. The van der Waals surface area contributed by atoms with Gasteiger partial charge in [-0.25, -0.2) is 22.4 Å². The Morgan fingerprint density at radius 2 is 1.82 bits per heavy atom. The quantitative estimate of drug-likeness (QED) is 0.670. The number of likely N-dealkylation sites (tertiary alicyclic amines) is 1. The Labute approximate surface area is 192 Å². The Balaban J connectivity index is 1.89. The van der Waals surface area contributed by atoms with Gasteiger partial charge in [-0.15, -0.1) is 0 Å². The number of halogens is 1. The van der Waals surface area contributed by atoms with Crippen molar-refractivity contribution in [2.45, 2.75) is 61.3 Å². The van der Waals surface area contributed by atoms with Crippen LogP contribution in [0.3, 0.4) is 0 Å². The molecule has 0 aromatic heterocycles. The summed E-state index contributed by atoms with van der Waals surface area (Å²) >= 11 is 0. The summed E-state index contributed by atoms with van der Waals surface area (Å²) in [6.07, 6.45) is 0.279. The molecule has 1 heterocycles. The lowest BCUT2D eigenvalue weighted by Crippen LogP contribution is -2.52. The number of hydrogen-bond donors (Lipinski definition) is 1. The van der Waals surface area contributed by atoms with Gasteiger partial charge in [-0.3, -0.25) is 0 Å². The summed E-state index contributed by atoms with van der Waals surface area (Å²) in [4.78, 5) is 25.9. The van der Waals surface area contributed by atoms with Crippen LogP contribution in [0.2, 0.25) is 0 Å². The van der Waals surface area contributed by atoms with Crippen molar-refractivity contribution in [1.82, 2.24) is 4.90 Å². The number of carboxylic acid groups (broad SMARTS) is 1. The van der Waals surface area contributed by atoms with Gasteiger partial charge in [0.2, 0.25) is 0 Å². The van der Waals surface area contributed by atoms with Gasteiger partial charge in [0.05, 0.1) is 16.5 Å². The molecule has 0 bridgehead atoms. The minimum Gasteiger partial charge on any atom is -0.478 e. The van der Waals surface area contributed by atoms with Crippen LogP contribution in [0.25, 0.3) is 0 Å². The molecule has 33 heavy (non-hydrogen) atoms. The largest absolute Gasteiger partial charge is 0.478 e. The van der Waals surface area contributed by atoms with E-state index in [1.54, 1.807) is 26.8 Å². The zero-order chi connectivity index (χ0) is 24.2. The molecule has 1 fully saturated rings. The number of rotatable bonds is 3. The number of nitrogens with zero attached hydrogens (tertiary/aromatic N) is 1. The van der Waals surface area contributed by atoms with E-state index in [0.717, 1.165) is 12.1 Å². The smallest absolute Gasteiger partial charge is 0.410 e. The number of carbonyl (C=O) groups excluding carboxylic acids is 1. The Morgan fingerprint density at radius 3 is 2.42 bits per heavy atom. The summed E-state index contributed by atoms with van der Waals surface area (Å²) in [6.45, 7) is 5.40. The first-order valence-electron chi connectivity index (χ1n) is 10.7. The summed E-state index contributed by atoms with van der Waals surface area (Å²) in [7, 11) is -4.10. The molecule has 1 amide bonds. The van der Waals surface area contributed by atoms with Crippen LogP contribution in [0.4, 0.5) is 9.18 Å². The molecule has 4 rings (SSSR count). The molecule has 2 aliphatic rings. The molecular formula is C24H26FNO6S. The van der Waals surface area contributed by atoms with E-state index in [1.165, 1.54) is 29.2 Å². The second-order valence-electron chi connectivity index (χ2n) is 9.50. The molecule has 2 atom stereocenters. The molecule has 0 radical (unpaired) electrons. The number of aromatic carboxylic acids is 1. The zero-order valence-electron chi connectivity index (χ0n) is 18.7. The SMILES string of the molecule is CC(C)(C)OC(=O)N1CC[C@@]2(S(=O)(=O)c3ccc(F)cc3)c3ccc(C(=O)O)cc3CC[C@@H]12. The highest BCUT2D eigenvalue weighted by molar-refractivity contribution is 7.92. The molecule has 176 valence electrons. The van der Waals surface area contributed by atoms with Gasteiger partial charge in [0.25, 0.3) is 0 Å². The van der Waals surface area contributed by atoms with Crippen LogP contribution in [0.1, 0.15) is 55.1 Å². The van der Waals surface area contributed by atoms with Crippen LogP contribution in [0.5, 0.6) is 0 Å². The number of carboxylic acids is 1. The Bertz CT molecular complexity index is 1220. The maximum absolute atomic E-state index is 14.1. The van der Waals surface area contributed by atoms with Gasteiger partial charge < -0.3 is 14.7 Å². The van der Waals surface area contributed by atoms with E-state index in [0.29, 0.717) is 24.0 Å². The zero-order valence-corrected chi connectivity index (χ0v) is 19.5. The lowest BCUT2D eigenvalue weighted by atomic mass is 9.78. The molecule has 0 spiro atoms. The van der Waals surface area contributed by atoms with Gasteiger partial charge in [-0.1, -0.05) is 6.07 Å². The van der Waals surface area contributed by atoms with Crippen molar-refractivity contribution in [3.05, 3.63) is 65.0 Å². The first-order valence-corrected chi connectivity index (χ1v) is 12.2. The fraction of sp³-hybridized carbons (Fsp3) is 0.417. The molecule has 1 N–H and O–H groups in total. The highest BCUT2D eigenvalue weighted by Crippen LogP contribution is 2.53. The van der Waals surface area contributed by atoms with Gasteiger partial charge in [0, 0.05) is 6.54 Å². The maximum Gasteiger partial charge on any atom is 0.410 e. The Hall–Kier alpha value is -2.94. The number of hydrogen-bond acceptors (Lipinski definition) is 5. The van der Waals surface area contributed by atoms with Crippen LogP contribution >= 0.6 is 0 Å². The fourth-order valence-corrected chi connectivity index (χ4v) is 7.39. The summed E-state index contributed by atoms with van der Waals surface area (Å²) in [5.74, 6) is -1.66. The predicted octanol–water partition coefficient (Wildman–Crippen LogP) is 4.15. The van der Waals surface area contributed by atoms with E-state index in [-0.39, 0.29) is 23.4 Å². The Morgan fingerprint density at radius 1 is 1.15 bits per heavy atom. The molecule has 2 aromatic rings. The second-order valence-corrected chi connectivity index (χ2v) is 11.7. The molecule has 1 aliphatic heterocycles. The minimum atomic E-state index is -4.10. The van der Waals surface area contributed by atoms with Gasteiger partial charge in [0.1, 0.15) is 16.2 Å². The molecule has 7 nitrogen and oxygen atoms in total. The lowest BCUT2D eigenvalue weighted by molar-refractivity contribution is 0.0202. The van der Waals surface area contributed by atoms with Crippen LogP contribution in [0.15, 0.2) is 47.4 Å². The molecule has 2 aromatic carbocycles. The first-order chi connectivity index (χ1) is 15.4. The van der Waals surface area contributed by atoms with Gasteiger partial charge in [0.15, 0.2) is 9.84 Å². The van der Waals surface area contributed by atoms with E-state index in [1.807, 2.05) is 0 Å². The summed E-state index contributed by atoms with van der Waals surface area (Å²) in [5.41, 5.74) is 0.437. The summed E-state index contributed by atoms with van der Waals surface area (Å²) in [5, 5.41) is 9.40. The number of amides is 1. The van der Waals surface area contributed by atoms with Gasteiger partial charge in [-0.05, 0) is 87.6 Å². The number of aryl methyl sites for hydroxylation is 1. The first kappa shape index (κ1) is 23.2. The average molecular weight is 476 g/mol. The summed E-state index contributed by atoms with van der Waals surface area (Å²) in [6, 6.07) is 8.38. The van der Waals surface area contributed by atoms with E-state index < -0.39 is 44.1 Å². The van der Waals surface area contributed by atoms with E-state index in [9.17, 15) is 27.5 Å². The van der Waals surface area contributed by atoms with E-state index in [4.69, 9.17) is 4.74 Å². The number of carbonyl (C=O) groups is 2. The maximum atomic E-state index is 14.1. The van der Waals surface area contributed by atoms with Crippen LogP contribution < -0.4 is 0 Å². The van der Waals surface area contributed by atoms with Crippen molar-refractivity contribution in [2.75, 3.05) is 6.54 Å². The van der Waals surface area contributed by atoms with Gasteiger partial charge in [-0.2, -0.15) is 0 Å². The Kier molecular flexibility index (Phi) is 5.51. The fourth-order valence-electron chi connectivity index (χ4n) is 5.02. The molecule has 9 heteroatoms. The molecule has 0 unspecified atom stereocenters. The van der Waals surface area contributed by atoms with Gasteiger partial charge >= 0.3 is 12.1 Å². The standard InChI is InChI=1S/C24H26FNO6S/c1-23(2,3)32-22(29)26-13-12-24(33(30,31)18-8-6-17(25)7-9-18)19-10-4-16(21(27)28)14-15(19)5-11-20(24)26/h4,6-10,14,20H,5,11-13H2,1-3H3,(H,27,28)/t20-,24-/m1/s1. The average Bonchev–Trinajstić information content (AvgIpc) is 3.14. The third-order valence-corrected chi connectivity index (χ3v) is 8.91. The molecule has 0 saturated carbocycles. The van der Waals surface area contributed by atoms with Crippen LogP contribution in [0, 0.1) is 5.82 Å². The monoisotopic (exact) mass is 475 g/mol. The van der Waals surface area contributed by atoms with Crippen molar-refractivity contribution in [3.8, 4) is 0 Å². The highest BCUT2D eigenvalue weighted by Gasteiger charge is 2.61.